The minimum absolute atomic E-state index is 0.642. The second-order valence-corrected chi connectivity index (χ2v) is 5.69. The molecule has 4 heteroatoms. The Morgan fingerprint density at radius 2 is 1.71 bits per heavy atom. The van der Waals surface area contributed by atoms with E-state index in [1.165, 1.54) is 9.13 Å². The number of hydrogen-bond acceptors (Lipinski definition) is 1. The van der Waals surface area contributed by atoms with Crippen LogP contribution < -0.4 is 5.32 Å². The van der Waals surface area contributed by atoms with Gasteiger partial charge in [-0.2, -0.15) is 0 Å². The van der Waals surface area contributed by atoms with Crippen LogP contribution in [-0.2, 0) is 6.54 Å². The highest BCUT2D eigenvalue weighted by Gasteiger charge is 2.00. The van der Waals surface area contributed by atoms with Crippen molar-refractivity contribution in [3.63, 3.8) is 0 Å². The lowest BCUT2D eigenvalue weighted by Crippen LogP contribution is -1.99. The van der Waals surface area contributed by atoms with Crippen LogP contribution in [-0.4, -0.2) is 0 Å². The van der Waals surface area contributed by atoms with Crippen LogP contribution in [0.1, 0.15) is 5.56 Å². The van der Waals surface area contributed by atoms with Crippen molar-refractivity contribution in [3.05, 3.63) is 61.6 Å². The monoisotopic (exact) mass is 377 g/mol. The number of nitrogens with one attached hydrogen (secondary N) is 1. The maximum atomic E-state index is 6.07. The van der Waals surface area contributed by atoms with Gasteiger partial charge >= 0.3 is 0 Å². The summed E-state index contributed by atoms with van der Waals surface area (Å²) in [5.41, 5.74) is 2.12. The van der Waals surface area contributed by atoms with E-state index in [0.29, 0.717) is 10.0 Å². The average molecular weight is 378 g/mol. The van der Waals surface area contributed by atoms with Crippen molar-refractivity contribution in [1.29, 1.82) is 0 Å². The quantitative estimate of drug-likeness (QED) is 0.724. The lowest BCUT2D eigenvalue weighted by molar-refractivity contribution is 1.15. The molecule has 0 radical (unpaired) electrons. The summed E-state index contributed by atoms with van der Waals surface area (Å²) in [6.45, 7) is 0.748. The predicted molar refractivity (Wildman–Crippen MR) is 82.9 cm³/mol. The van der Waals surface area contributed by atoms with Gasteiger partial charge in [0.15, 0.2) is 0 Å². The summed E-state index contributed by atoms with van der Waals surface area (Å²) in [4.78, 5) is 0. The van der Waals surface area contributed by atoms with Gasteiger partial charge in [-0.1, -0.05) is 35.3 Å². The third-order valence-electron chi connectivity index (χ3n) is 2.33. The van der Waals surface area contributed by atoms with E-state index in [9.17, 15) is 0 Å². The van der Waals surface area contributed by atoms with Crippen LogP contribution in [0.2, 0.25) is 10.0 Å². The zero-order valence-electron chi connectivity index (χ0n) is 8.88. The number of benzene rings is 2. The molecule has 17 heavy (non-hydrogen) atoms. The van der Waals surface area contributed by atoms with E-state index in [1.807, 2.05) is 12.1 Å². The first kappa shape index (κ1) is 13.0. The Kier molecular flexibility index (Phi) is 4.54. The third-order valence-corrected chi connectivity index (χ3v) is 3.59. The van der Waals surface area contributed by atoms with Crippen molar-refractivity contribution in [1.82, 2.24) is 0 Å². The Bertz CT molecular complexity index is 511. The minimum Gasteiger partial charge on any atom is -0.380 e. The van der Waals surface area contributed by atoms with E-state index in [-0.39, 0.29) is 0 Å². The molecule has 0 heterocycles. The van der Waals surface area contributed by atoms with E-state index in [2.05, 4.69) is 52.2 Å². The van der Waals surface area contributed by atoms with Crippen LogP contribution in [0.3, 0.4) is 0 Å². The number of anilines is 1. The molecule has 0 atom stereocenters. The van der Waals surface area contributed by atoms with Crippen LogP contribution in [0.5, 0.6) is 0 Å². The summed E-state index contributed by atoms with van der Waals surface area (Å²) in [7, 11) is 0. The smallest absolute Gasteiger partial charge is 0.0652 e. The topological polar surface area (TPSA) is 12.0 Å². The molecule has 0 saturated carbocycles. The van der Waals surface area contributed by atoms with Gasteiger partial charge < -0.3 is 5.32 Å². The van der Waals surface area contributed by atoms with E-state index in [4.69, 9.17) is 23.2 Å². The Morgan fingerprint density at radius 3 is 2.35 bits per heavy atom. The lowest BCUT2D eigenvalue weighted by Gasteiger charge is -2.08. The van der Waals surface area contributed by atoms with Crippen LogP contribution in [0.15, 0.2) is 42.5 Å². The van der Waals surface area contributed by atoms with Gasteiger partial charge in [0.2, 0.25) is 0 Å². The third kappa shape index (κ3) is 3.76. The van der Waals surface area contributed by atoms with Crippen LogP contribution >= 0.6 is 45.8 Å². The van der Waals surface area contributed by atoms with Crippen molar-refractivity contribution >= 4 is 51.5 Å². The average Bonchev–Trinajstić information content (AvgIpc) is 2.30. The Balaban J connectivity index is 2.04. The second kappa shape index (κ2) is 5.94. The molecule has 0 aromatic heterocycles. The molecule has 0 aliphatic carbocycles. The molecule has 0 spiro atoms. The van der Waals surface area contributed by atoms with E-state index < -0.39 is 0 Å². The molecule has 0 saturated heterocycles. The number of rotatable bonds is 3. The van der Waals surface area contributed by atoms with E-state index >= 15 is 0 Å². The molecule has 0 aliphatic heterocycles. The van der Waals surface area contributed by atoms with Crippen molar-refractivity contribution in [2.45, 2.75) is 6.54 Å². The zero-order valence-corrected chi connectivity index (χ0v) is 12.6. The maximum Gasteiger partial charge on any atom is 0.0652 e. The number of hydrogen-bond donors (Lipinski definition) is 1. The molecule has 2 aromatic carbocycles. The molecule has 0 unspecified atom stereocenters. The molecule has 88 valence electrons. The Hall–Kier alpha value is -0.450. The van der Waals surface area contributed by atoms with Gasteiger partial charge in [-0.15, -0.1) is 0 Å². The van der Waals surface area contributed by atoms with E-state index in [1.54, 1.807) is 6.07 Å². The maximum absolute atomic E-state index is 6.07. The largest absolute Gasteiger partial charge is 0.380 e. The minimum atomic E-state index is 0.642. The molecule has 2 rings (SSSR count). The fraction of sp³-hybridized carbons (Fsp3) is 0.0769. The molecular weight excluding hydrogens is 368 g/mol. The number of halogens is 3. The summed E-state index contributed by atoms with van der Waals surface area (Å²) in [6.07, 6.45) is 0. The van der Waals surface area contributed by atoms with Crippen molar-refractivity contribution in [2.24, 2.45) is 0 Å². The predicted octanol–water partition coefficient (Wildman–Crippen LogP) is 5.21. The molecule has 0 fully saturated rings. The standard InChI is InChI=1S/C13H10Cl2IN/c14-10-3-6-13(12(15)7-10)17-8-9-1-4-11(16)5-2-9/h1-7,17H,8H2. The van der Waals surface area contributed by atoms with Gasteiger partial charge in [0.05, 0.1) is 10.7 Å². The normalized spacial score (nSPS) is 10.3. The highest BCUT2D eigenvalue weighted by Crippen LogP contribution is 2.25. The van der Waals surface area contributed by atoms with Crippen molar-refractivity contribution < 1.29 is 0 Å². The summed E-state index contributed by atoms with van der Waals surface area (Å²) >= 11 is 14.2. The van der Waals surface area contributed by atoms with Crippen LogP contribution in [0.25, 0.3) is 0 Å². The summed E-state index contributed by atoms with van der Waals surface area (Å²) in [5.74, 6) is 0. The van der Waals surface area contributed by atoms with Gasteiger partial charge in [-0.25, -0.2) is 0 Å². The fourth-order valence-corrected chi connectivity index (χ4v) is 2.27. The van der Waals surface area contributed by atoms with Gasteiger partial charge in [-0.3, -0.25) is 0 Å². The molecule has 0 amide bonds. The van der Waals surface area contributed by atoms with Crippen LogP contribution in [0, 0.1) is 3.57 Å². The zero-order chi connectivity index (χ0) is 12.3. The highest BCUT2D eigenvalue weighted by molar-refractivity contribution is 14.1. The van der Waals surface area contributed by atoms with E-state index in [0.717, 1.165) is 12.2 Å². The SMILES string of the molecule is Clc1ccc(NCc2ccc(I)cc2)c(Cl)c1. The van der Waals surface area contributed by atoms with Crippen LogP contribution in [0.4, 0.5) is 5.69 Å². The lowest BCUT2D eigenvalue weighted by atomic mass is 10.2. The first-order valence-electron chi connectivity index (χ1n) is 5.08. The second-order valence-electron chi connectivity index (χ2n) is 3.60. The molecule has 1 nitrogen and oxygen atoms in total. The van der Waals surface area contributed by atoms with Gasteiger partial charge in [0.1, 0.15) is 0 Å². The summed E-state index contributed by atoms with van der Waals surface area (Å²) in [5, 5.41) is 4.57. The van der Waals surface area contributed by atoms with Gasteiger partial charge in [-0.05, 0) is 58.5 Å². The van der Waals surface area contributed by atoms with Crippen molar-refractivity contribution in [2.75, 3.05) is 5.32 Å². The van der Waals surface area contributed by atoms with Gasteiger partial charge in [0.25, 0.3) is 0 Å². The molecule has 0 aliphatic rings. The summed E-state index contributed by atoms with van der Waals surface area (Å²) < 4.78 is 1.23. The molecular formula is C13H10Cl2IN. The van der Waals surface area contributed by atoms with Gasteiger partial charge in [0, 0.05) is 15.1 Å². The Morgan fingerprint density at radius 1 is 1.00 bits per heavy atom. The molecule has 1 N–H and O–H groups in total. The first-order valence-corrected chi connectivity index (χ1v) is 6.92. The first-order chi connectivity index (χ1) is 8.15. The van der Waals surface area contributed by atoms with Crippen molar-refractivity contribution in [3.8, 4) is 0 Å². The Labute approximate surface area is 124 Å². The molecule has 2 aromatic rings. The highest BCUT2D eigenvalue weighted by atomic mass is 127. The molecule has 0 bridgehead atoms. The summed E-state index contributed by atoms with van der Waals surface area (Å²) in [6, 6.07) is 13.8. The fourth-order valence-electron chi connectivity index (χ4n) is 1.43.